The largest absolute Gasteiger partial charge is 0.352 e. The lowest BCUT2D eigenvalue weighted by Gasteiger charge is -2.11. The predicted octanol–water partition coefficient (Wildman–Crippen LogP) is 2.08. The fourth-order valence-corrected chi connectivity index (χ4v) is 2.60. The van der Waals surface area contributed by atoms with Gasteiger partial charge in [0.25, 0.3) is 5.91 Å². The highest BCUT2D eigenvalue weighted by Crippen LogP contribution is 2.21. The van der Waals surface area contributed by atoms with E-state index in [1.165, 1.54) is 4.40 Å². The number of benzene rings is 1. The molecule has 0 fully saturated rings. The lowest BCUT2D eigenvalue weighted by atomic mass is 10.1. The smallest absolute Gasteiger partial charge is 0.348 e. The SMILES string of the molecule is CC(C)CNC(=O)c1ccc2nc(C(C)C)c3n[nH]c(=O)n3c2c1. The summed E-state index contributed by atoms with van der Waals surface area (Å²) in [5.74, 6) is 0.331. The van der Waals surface area contributed by atoms with Crippen molar-refractivity contribution in [2.24, 2.45) is 5.92 Å². The topological polar surface area (TPSA) is 92.2 Å². The standard InChI is InChI=1S/C17H21N5O2/c1-9(2)8-18-16(23)11-5-6-12-13(7-11)22-15(20-21-17(22)24)14(19-12)10(3)4/h5-7,9-10H,8H2,1-4H3,(H,18,23)(H,21,24). The highest BCUT2D eigenvalue weighted by molar-refractivity contribution is 5.97. The summed E-state index contributed by atoms with van der Waals surface area (Å²) in [5, 5.41) is 9.43. The molecule has 0 saturated heterocycles. The van der Waals surface area contributed by atoms with Gasteiger partial charge in [-0.1, -0.05) is 27.7 Å². The van der Waals surface area contributed by atoms with Crippen molar-refractivity contribution in [1.29, 1.82) is 0 Å². The van der Waals surface area contributed by atoms with Crippen LogP contribution in [0.25, 0.3) is 16.7 Å². The summed E-state index contributed by atoms with van der Waals surface area (Å²) in [6.45, 7) is 8.67. The van der Waals surface area contributed by atoms with Crippen LogP contribution in [-0.4, -0.2) is 32.0 Å². The Bertz CT molecular complexity index is 968. The maximum absolute atomic E-state index is 12.3. The van der Waals surface area contributed by atoms with Crippen molar-refractivity contribution in [3.05, 3.63) is 39.9 Å². The van der Waals surface area contributed by atoms with E-state index >= 15 is 0 Å². The minimum absolute atomic E-state index is 0.126. The van der Waals surface area contributed by atoms with Crippen LogP contribution in [-0.2, 0) is 0 Å². The van der Waals surface area contributed by atoms with Gasteiger partial charge in [0.2, 0.25) is 0 Å². The molecule has 0 unspecified atom stereocenters. The molecule has 3 rings (SSSR count). The van der Waals surface area contributed by atoms with Gasteiger partial charge in [-0.15, -0.1) is 0 Å². The zero-order chi connectivity index (χ0) is 17.4. The van der Waals surface area contributed by atoms with Crippen LogP contribution in [0.15, 0.2) is 23.0 Å². The van der Waals surface area contributed by atoms with Crippen molar-refractivity contribution in [3.8, 4) is 0 Å². The highest BCUT2D eigenvalue weighted by Gasteiger charge is 2.16. The predicted molar refractivity (Wildman–Crippen MR) is 92.4 cm³/mol. The monoisotopic (exact) mass is 327 g/mol. The number of aromatic amines is 1. The third kappa shape index (κ3) is 2.77. The van der Waals surface area contributed by atoms with Gasteiger partial charge in [-0.05, 0) is 30.0 Å². The molecule has 0 aliphatic rings. The molecule has 0 radical (unpaired) electrons. The van der Waals surface area contributed by atoms with Crippen molar-refractivity contribution in [2.45, 2.75) is 33.6 Å². The molecule has 0 aliphatic heterocycles. The fraction of sp³-hybridized carbons (Fsp3) is 0.412. The molecule has 7 nitrogen and oxygen atoms in total. The summed E-state index contributed by atoms with van der Waals surface area (Å²) in [5.41, 5.74) is 2.65. The normalized spacial score (nSPS) is 11.8. The summed E-state index contributed by atoms with van der Waals surface area (Å²) >= 11 is 0. The molecule has 0 atom stereocenters. The Morgan fingerprint density at radius 1 is 1.29 bits per heavy atom. The summed E-state index contributed by atoms with van der Waals surface area (Å²) in [7, 11) is 0. The van der Waals surface area contributed by atoms with E-state index in [1.54, 1.807) is 18.2 Å². The number of nitrogens with zero attached hydrogens (tertiary/aromatic N) is 3. The van der Waals surface area contributed by atoms with E-state index in [9.17, 15) is 9.59 Å². The molecule has 2 aromatic heterocycles. The quantitative estimate of drug-likeness (QED) is 0.767. The molecule has 126 valence electrons. The first-order valence-corrected chi connectivity index (χ1v) is 8.07. The molecule has 0 saturated carbocycles. The zero-order valence-electron chi connectivity index (χ0n) is 14.3. The first kappa shape index (κ1) is 16.2. The minimum Gasteiger partial charge on any atom is -0.352 e. The van der Waals surface area contributed by atoms with E-state index in [2.05, 4.69) is 20.5 Å². The number of nitrogens with one attached hydrogen (secondary N) is 2. The number of carbonyl (C=O) groups is 1. The number of hydrogen-bond donors (Lipinski definition) is 2. The summed E-state index contributed by atoms with van der Waals surface area (Å²) in [6.07, 6.45) is 0. The Labute approximate surface area is 139 Å². The Balaban J connectivity index is 2.18. The molecular weight excluding hydrogens is 306 g/mol. The molecular formula is C17H21N5O2. The lowest BCUT2D eigenvalue weighted by molar-refractivity contribution is 0.0949. The molecule has 0 aliphatic carbocycles. The van der Waals surface area contributed by atoms with Crippen molar-refractivity contribution in [2.75, 3.05) is 6.54 Å². The van der Waals surface area contributed by atoms with Gasteiger partial charge in [0.15, 0.2) is 5.65 Å². The lowest BCUT2D eigenvalue weighted by Crippen LogP contribution is -2.27. The Morgan fingerprint density at radius 3 is 2.71 bits per heavy atom. The van der Waals surface area contributed by atoms with Gasteiger partial charge in [0, 0.05) is 12.1 Å². The van der Waals surface area contributed by atoms with Crippen LogP contribution in [0.4, 0.5) is 0 Å². The van der Waals surface area contributed by atoms with Crippen molar-refractivity contribution >= 4 is 22.6 Å². The molecule has 1 aromatic carbocycles. The van der Waals surface area contributed by atoms with Gasteiger partial charge in [0.1, 0.15) is 0 Å². The van der Waals surface area contributed by atoms with Crippen LogP contribution < -0.4 is 11.0 Å². The number of hydrogen-bond acceptors (Lipinski definition) is 4. The molecule has 2 N–H and O–H groups in total. The third-order valence-corrected chi connectivity index (χ3v) is 3.84. The summed E-state index contributed by atoms with van der Waals surface area (Å²) < 4.78 is 1.48. The number of carbonyl (C=O) groups excluding carboxylic acids is 1. The van der Waals surface area contributed by atoms with E-state index in [1.807, 2.05) is 27.7 Å². The maximum atomic E-state index is 12.3. The molecule has 3 aromatic rings. The van der Waals surface area contributed by atoms with Crippen LogP contribution in [0.3, 0.4) is 0 Å². The second-order valence-electron chi connectivity index (χ2n) is 6.65. The summed E-state index contributed by atoms with van der Waals surface area (Å²) in [4.78, 5) is 29.1. The zero-order valence-corrected chi connectivity index (χ0v) is 14.3. The van der Waals surface area contributed by atoms with Crippen LogP contribution in [0, 0.1) is 5.92 Å². The minimum atomic E-state index is -0.334. The Morgan fingerprint density at radius 2 is 2.04 bits per heavy atom. The second kappa shape index (κ2) is 6.07. The van der Waals surface area contributed by atoms with Gasteiger partial charge >= 0.3 is 5.69 Å². The Hall–Kier alpha value is -2.70. The average molecular weight is 327 g/mol. The first-order valence-electron chi connectivity index (χ1n) is 8.07. The fourth-order valence-electron chi connectivity index (χ4n) is 2.60. The molecule has 0 bridgehead atoms. The van der Waals surface area contributed by atoms with Crippen molar-refractivity contribution in [3.63, 3.8) is 0 Å². The van der Waals surface area contributed by atoms with Crippen molar-refractivity contribution < 1.29 is 4.79 Å². The van der Waals surface area contributed by atoms with E-state index in [-0.39, 0.29) is 17.5 Å². The molecule has 7 heteroatoms. The molecule has 1 amide bonds. The van der Waals surface area contributed by atoms with E-state index < -0.39 is 0 Å². The number of rotatable bonds is 4. The van der Waals surface area contributed by atoms with E-state index in [4.69, 9.17) is 0 Å². The summed E-state index contributed by atoms with van der Waals surface area (Å²) in [6, 6.07) is 5.18. The van der Waals surface area contributed by atoms with Gasteiger partial charge in [0.05, 0.1) is 16.7 Å². The van der Waals surface area contributed by atoms with E-state index in [0.29, 0.717) is 34.7 Å². The van der Waals surface area contributed by atoms with Gasteiger partial charge in [-0.25, -0.2) is 19.3 Å². The second-order valence-corrected chi connectivity index (χ2v) is 6.65. The van der Waals surface area contributed by atoms with Crippen LogP contribution in [0.2, 0.25) is 0 Å². The molecule has 0 spiro atoms. The van der Waals surface area contributed by atoms with Crippen LogP contribution in [0.5, 0.6) is 0 Å². The molecule has 2 heterocycles. The van der Waals surface area contributed by atoms with E-state index in [0.717, 1.165) is 5.69 Å². The van der Waals surface area contributed by atoms with Gasteiger partial charge < -0.3 is 5.32 Å². The van der Waals surface area contributed by atoms with Crippen molar-refractivity contribution in [1.82, 2.24) is 24.9 Å². The third-order valence-electron chi connectivity index (χ3n) is 3.84. The highest BCUT2D eigenvalue weighted by atomic mass is 16.2. The van der Waals surface area contributed by atoms with Crippen LogP contribution >= 0.6 is 0 Å². The molecule has 24 heavy (non-hydrogen) atoms. The Kier molecular flexibility index (Phi) is 4.09. The van der Waals surface area contributed by atoms with Gasteiger partial charge in [-0.3, -0.25) is 4.79 Å². The first-order chi connectivity index (χ1) is 11.4. The maximum Gasteiger partial charge on any atom is 0.348 e. The van der Waals surface area contributed by atoms with Gasteiger partial charge in [-0.2, -0.15) is 5.10 Å². The number of fused-ring (bicyclic) bond motifs is 3. The number of aromatic nitrogens is 4. The number of H-pyrrole nitrogens is 1. The number of amides is 1. The average Bonchev–Trinajstić information content (AvgIpc) is 2.93. The van der Waals surface area contributed by atoms with Crippen LogP contribution in [0.1, 0.15) is 49.7 Å².